The minimum Gasteiger partial charge on any atom is -0.353 e. The molecule has 0 spiro atoms. The standard InChI is InChI=1S/C21H22N6O/c28-21(19-23-12-16(13-24-19)15-4-1-2-5-15)25-17-7-10-27(14-17)20-18-6-3-9-26(18)11-8-22-20/h3-4,6,8-9,11-13,17H,1-2,5,7,10,14H2,(H,25,28)/t17-/m0/s1. The number of carbonyl (C=O) groups is 1. The van der Waals surface area contributed by atoms with E-state index in [1.165, 1.54) is 12.0 Å². The second kappa shape index (κ2) is 7.07. The molecule has 7 nitrogen and oxygen atoms in total. The maximum absolute atomic E-state index is 12.6. The average Bonchev–Trinajstić information content (AvgIpc) is 3.48. The Morgan fingerprint density at radius 2 is 2.07 bits per heavy atom. The van der Waals surface area contributed by atoms with Gasteiger partial charge >= 0.3 is 0 Å². The molecule has 142 valence electrons. The first kappa shape index (κ1) is 16.9. The Balaban J connectivity index is 1.24. The van der Waals surface area contributed by atoms with Gasteiger partial charge < -0.3 is 14.6 Å². The van der Waals surface area contributed by atoms with E-state index in [9.17, 15) is 4.79 Å². The summed E-state index contributed by atoms with van der Waals surface area (Å²) in [6, 6.07) is 4.13. The lowest BCUT2D eigenvalue weighted by atomic mass is 10.1. The average molecular weight is 374 g/mol. The molecule has 0 radical (unpaired) electrons. The number of allylic oxidation sites excluding steroid dienone is 2. The molecule has 3 aromatic rings. The van der Waals surface area contributed by atoms with Crippen LogP contribution in [0, 0.1) is 0 Å². The quantitative estimate of drug-likeness (QED) is 0.760. The van der Waals surface area contributed by atoms with Gasteiger partial charge in [0, 0.05) is 55.7 Å². The van der Waals surface area contributed by atoms with Crippen molar-refractivity contribution < 1.29 is 4.79 Å². The number of carbonyl (C=O) groups excluding carboxylic acids is 1. The number of hydrogen-bond donors (Lipinski definition) is 1. The van der Waals surface area contributed by atoms with E-state index in [2.05, 4.69) is 41.7 Å². The Labute approximate surface area is 163 Å². The van der Waals surface area contributed by atoms with Crippen LogP contribution in [0.1, 0.15) is 41.9 Å². The van der Waals surface area contributed by atoms with E-state index in [0.717, 1.165) is 49.2 Å². The SMILES string of the molecule is O=C(N[C@H]1CCN(c2nccn3cccc23)C1)c1ncc(C2=CCCC2)cn1. The minimum atomic E-state index is -0.215. The molecule has 28 heavy (non-hydrogen) atoms. The van der Waals surface area contributed by atoms with Gasteiger partial charge in [-0.15, -0.1) is 0 Å². The van der Waals surface area contributed by atoms with Gasteiger partial charge in [0.1, 0.15) is 0 Å². The largest absolute Gasteiger partial charge is 0.353 e. The summed E-state index contributed by atoms with van der Waals surface area (Å²) < 4.78 is 2.06. The van der Waals surface area contributed by atoms with Gasteiger partial charge in [0.05, 0.1) is 5.52 Å². The summed E-state index contributed by atoms with van der Waals surface area (Å²) in [5, 5.41) is 3.07. The topological polar surface area (TPSA) is 75.4 Å². The molecule has 5 rings (SSSR count). The Bertz CT molecular complexity index is 1040. The van der Waals surface area contributed by atoms with Crippen LogP contribution in [0.4, 0.5) is 5.82 Å². The van der Waals surface area contributed by atoms with Crippen molar-refractivity contribution in [3.63, 3.8) is 0 Å². The zero-order valence-electron chi connectivity index (χ0n) is 15.6. The van der Waals surface area contributed by atoms with Crippen LogP contribution in [0.3, 0.4) is 0 Å². The van der Waals surface area contributed by atoms with E-state index in [1.54, 1.807) is 12.4 Å². The number of fused-ring (bicyclic) bond motifs is 1. The van der Waals surface area contributed by atoms with Crippen molar-refractivity contribution >= 4 is 22.8 Å². The third-order valence-corrected chi connectivity index (χ3v) is 5.52. The Hall–Kier alpha value is -3.22. The number of rotatable bonds is 4. The summed E-state index contributed by atoms with van der Waals surface area (Å²) in [7, 11) is 0. The maximum atomic E-state index is 12.6. The van der Waals surface area contributed by atoms with E-state index in [-0.39, 0.29) is 17.8 Å². The molecule has 1 saturated heterocycles. The molecule has 0 unspecified atom stereocenters. The van der Waals surface area contributed by atoms with Crippen molar-refractivity contribution in [2.24, 2.45) is 0 Å². The Morgan fingerprint density at radius 3 is 2.89 bits per heavy atom. The minimum absolute atomic E-state index is 0.0605. The third kappa shape index (κ3) is 3.13. The van der Waals surface area contributed by atoms with Crippen LogP contribution in [0.15, 0.2) is 49.2 Å². The van der Waals surface area contributed by atoms with Crippen LogP contribution < -0.4 is 10.2 Å². The van der Waals surface area contributed by atoms with Gasteiger partial charge in [0.2, 0.25) is 5.82 Å². The third-order valence-electron chi connectivity index (χ3n) is 5.52. The highest BCUT2D eigenvalue weighted by Gasteiger charge is 2.27. The van der Waals surface area contributed by atoms with Crippen molar-refractivity contribution in [2.75, 3.05) is 18.0 Å². The molecular weight excluding hydrogens is 352 g/mol. The van der Waals surface area contributed by atoms with E-state index in [0.29, 0.717) is 0 Å². The van der Waals surface area contributed by atoms with Crippen molar-refractivity contribution in [3.05, 3.63) is 60.6 Å². The van der Waals surface area contributed by atoms with Gasteiger partial charge in [-0.3, -0.25) is 4.79 Å². The fourth-order valence-corrected chi connectivity index (χ4v) is 4.06. The molecule has 1 N–H and O–H groups in total. The van der Waals surface area contributed by atoms with Gasteiger partial charge in [-0.1, -0.05) is 6.08 Å². The summed E-state index contributed by atoms with van der Waals surface area (Å²) in [5.41, 5.74) is 3.38. The highest BCUT2D eigenvalue weighted by molar-refractivity contribution is 5.90. The van der Waals surface area contributed by atoms with Crippen molar-refractivity contribution in [3.8, 4) is 0 Å². The van der Waals surface area contributed by atoms with Crippen molar-refractivity contribution in [1.29, 1.82) is 0 Å². The van der Waals surface area contributed by atoms with Gasteiger partial charge in [-0.05, 0) is 43.4 Å². The second-order valence-electron chi connectivity index (χ2n) is 7.37. The molecule has 0 bridgehead atoms. The predicted molar refractivity (Wildman–Crippen MR) is 107 cm³/mol. The molecule has 1 atom stereocenters. The molecule has 1 aliphatic carbocycles. The second-order valence-corrected chi connectivity index (χ2v) is 7.37. The molecule has 1 aliphatic heterocycles. The lowest BCUT2D eigenvalue weighted by molar-refractivity contribution is 0.0930. The highest BCUT2D eigenvalue weighted by atomic mass is 16.2. The Kier molecular flexibility index (Phi) is 4.27. The molecule has 0 saturated carbocycles. The van der Waals surface area contributed by atoms with Gasteiger partial charge in [0.25, 0.3) is 5.91 Å². The van der Waals surface area contributed by atoms with Crippen molar-refractivity contribution in [1.82, 2.24) is 24.7 Å². The zero-order chi connectivity index (χ0) is 18.9. The normalized spacial score (nSPS) is 19.2. The molecule has 1 amide bonds. The number of anilines is 1. The zero-order valence-corrected chi connectivity index (χ0v) is 15.6. The summed E-state index contributed by atoms with van der Waals surface area (Å²) in [6.45, 7) is 1.59. The van der Waals surface area contributed by atoms with Crippen LogP contribution >= 0.6 is 0 Å². The molecule has 7 heteroatoms. The van der Waals surface area contributed by atoms with E-state index in [4.69, 9.17) is 0 Å². The van der Waals surface area contributed by atoms with Crippen LogP contribution in [0.5, 0.6) is 0 Å². The highest BCUT2D eigenvalue weighted by Crippen LogP contribution is 2.26. The fourth-order valence-electron chi connectivity index (χ4n) is 4.06. The number of amides is 1. The first-order valence-corrected chi connectivity index (χ1v) is 9.77. The maximum Gasteiger partial charge on any atom is 0.289 e. The summed E-state index contributed by atoms with van der Waals surface area (Å²) in [4.78, 5) is 27.9. The predicted octanol–water partition coefficient (Wildman–Crippen LogP) is 2.70. The van der Waals surface area contributed by atoms with E-state index in [1.807, 2.05) is 24.7 Å². The molecule has 2 aliphatic rings. The number of aromatic nitrogens is 4. The molecule has 4 heterocycles. The van der Waals surface area contributed by atoms with Gasteiger partial charge in [-0.2, -0.15) is 0 Å². The summed E-state index contributed by atoms with van der Waals surface area (Å²) in [5.74, 6) is 0.968. The molecular formula is C21H22N6O. The first-order valence-electron chi connectivity index (χ1n) is 9.77. The number of hydrogen-bond acceptors (Lipinski definition) is 5. The monoisotopic (exact) mass is 374 g/mol. The lowest BCUT2D eigenvalue weighted by Gasteiger charge is -2.19. The van der Waals surface area contributed by atoms with E-state index >= 15 is 0 Å². The summed E-state index contributed by atoms with van der Waals surface area (Å²) in [6.07, 6.45) is 15.7. The van der Waals surface area contributed by atoms with Crippen LogP contribution in [-0.4, -0.2) is 44.4 Å². The number of nitrogens with zero attached hydrogens (tertiary/aromatic N) is 5. The van der Waals surface area contributed by atoms with E-state index < -0.39 is 0 Å². The lowest BCUT2D eigenvalue weighted by Crippen LogP contribution is -2.38. The smallest absolute Gasteiger partial charge is 0.289 e. The molecule has 0 aromatic carbocycles. The van der Waals surface area contributed by atoms with Crippen LogP contribution in [0.2, 0.25) is 0 Å². The number of nitrogens with one attached hydrogen (secondary N) is 1. The fraction of sp³-hybridized carbons (Fsp3) is 0.333. The summed E-state index contributed by atoms with van der Waals surface area (Å²) >= 11 is 0. The molecule has 3 aromatic heterocycles. The van der Waals surface area contributed by atoms with Crippen LogP contribution in [-0.2, 0) is 0 Å². The van der Waals surface area contributed by atoms with Gasteiger partial charge in [-0.25, -0.2) is 15.0 Å². The van der Waals surface area contributed by atoms with Gasteiger partial charge in [0.15, 0.2) is 5.82 Å². The van der Waals surface area contributed by atoms with Crippen molar-refractivity contribution in [2.45, 2.75) is 31.7 Å². The molecule has 1 fully saturated rings. The first-order chi connectivity index (χ1) is 13.8. The Morgan fingerprint density at radius 1 is 1.18 bits per heavy atom. The van der Waals surface area contributed by atoms with Crippen LogP contribution in [0.25, 0.3) is 11.1 Å².